The lowest BCUT2D eigenvalue weighted by molar-refractivity contribution is -0.192. The van der Waals surface area contributed by atoms with Crippen molar-refractivity contribution in [1.82, 2.24) is 20.2 Å². The summed E-state index contributed by atoms with van der Waals surface area (Å²) in [6.45, 7) is 5.17. The average molecular weight is 465 g/mol. The second-order valence-electron chi connectivity index (χ2n) is 7.35. The minimum Gasteiger partial charge on any atom is -0.475 e. The maximum Gasteiger partial charge on any atom is 0.490 e. The molecule has 178 valence electrons. The van der Waals surface area contributed by atoms with Crippen molar-refractivity contribution in [3.05, 3.63) is 46.9 Å². The number of benzene rings is 1. The van der Waals surface area contributed by atoms with E-state index in [9.17, 15) is 23.2 Å². The van der Waals surface area contributed by atoms with Crippen molar-refractivity contribution in [2.24, 2.45) is 0 Å². The first-order valence-electron chi connectivity index (χ1n) is 9.91. The molecule has 0 fully saturated rings. The van der Waals surface area contributed by atoms with E-state index in [4.69, 9.17) is 9.90 Å². The highest BCUT2D eigenvalue weighted by molar-refractivity contribution is 5.77. The average Bonchev–Trinajstić information content (AvgIpc) is 2.74. The van der Waals surface area contributed by atoms with E-state index in [1.165, 1.54) is 11.1 Å². The minimum absolute atomic E-state index is 0.0517. The Labute approximate surface area is 190 Å². The van der Waals surface area contributed by atoms with E-state index in [0.29, 0.717) is 13.1 Å². The van der Waals surface area contributed by atoms with E-state index in [-0.39, 0.29) is 11.7 Å². The molecule has 0 saturated carbocycles. The Balaban J connectivity index is 0.000000675. The fraction of sp³-hybridized carbons (Fsp3) is 0.409. The molecule has 0 saturated heterocycles. The molecule has 2 rings (SSSR count). The molecule has 1 aromatic heterocycles. The number of carboxylic acid groups (broad SMARTS) is 1. The second kappa shape index (κ2) is 12.5. The van der Waals surface area contributed by atoms with E-state index >= 15 is 0 Å². The SMILES string of the molecule is Cc1ccc(-c2cc(CCCNCC(=O)N(C)C)nc(C#N)n2)cc1C.O=C(O)C(F)(F)F. The van der Waals surface area contributed by atoms with Crippen LogP contribution >= 0.6 is 0 Å². The number of carbonyl (C=O) groups is 2. The topological polar surface area (TPSA) is 119 Å². The highest BCUT2D eigenvalue weighted by Gasteiger charge is 2.38. The Morgan fingerprint density at radius 2 is 1.79 bits per heavy atom. The number of carbonyl (C=O) groups excluding carboxylic acids is 1. The molecular weight excluding hydrogens is 439 g/mol. The first-order chi connectivity index (χ1) is 15.3. The minimum atomic E-state index is -5.08. The van der Waals surface area contributed by atoms with Crippen molar-refractivity contribution < 1.29 is 27.9 Å². The molecular formula is C22H26F3N5O3. The third-order valence-corrected chi connectivity index (χ3v) is 4.49. The maximum atomic E-state index is 11.5. The lowest BCUT2D eigenvalue weighted by Gasteiger charge is -2.11. The lowest BCUT2D eigenvalue weighted by Crippen LogP contribution is -2.33. The maximum absolute atomic E-state index is 11.5. The normalized spacial score (nSPS) is 10.6. The molecule has 0 bridgehead atoms. The monoisotopic (exact) mass is 465 g/mol. The predicted octanol–water partition coefficient (Wildman–Crippen LogP) is 2.88. The molecule has 0 atom stereocenters. The number of rotatable bonds is 7. The quantitative estimate of drug-likeness (QED) is 0.604. The van der Waals surface area contributed by atoms with Crippen molar-refractivity contribution in [3.63, 3.8) is 0 Å². The number of likely N-dealkylation sites (N-methyl/N-ethyl adjacent to an activating group) is 1. The van der Waals surface area contributed by atoms with Crippen molar-refractivity contribution in [2.45, 2.75) is 32.9 Å². The zero-order chi connectivity index (χ0) is 25.2. The number of aryl methyl sites for hydroxylation is 3. The summed E-state index contributed by atoms with van der Waals surface area (Å²) in [7, 11) is 3.48. The molecule has 0 spiro atoms. The summed E-state index contributed by atoms with van der Waals surface area (Å²) in [6, 6.07) is 10.1. The summed E-state index contributed by atoms with van der Waals surface area (Å²) in [6.07, 6.45) is -3.53. The number of amides is 1. The highest BCUT2D eigenvalue weighted by Crippen LogP contribution is 2.21. The Bertz CT molecular complexity index is 1020. The number of aromatic nitrogens is 2. The van der Waals surface area contributed by atoms with Crippen LogP contribution in [0.1, 0.15) is 29.1 Å². The van der Waals surface area contributed by atoms with E-state index in [2.05, 4.69) is 41.3 Å². The van der Waals surface area contributed by atoms with Crippen LogP contribution in [0.4, 0.5) is 13.2 Å². The second-order valence-corrected chi connectivity index (χ2v) is 7.35. The fourth-order valence-corrected chi connectivity index (χ4v) is 2.47. The molecule has 11 heteroatoms. The Morgan fingerprint density at radius 3 is 2.30 bits per heavy atom. The lowest BCUT2D eigenvalue weighted by atomic mass is 10.0. The van der Waals surface area contributed by atoms with E-state index in [1.807, 2.05) is 18.2 Å². The molecule has 0 unspecified atom stereocenters. The Morgan fingerprint density at radius 1 is 1.15 bits per heavy atom. The molecule has 0 aliphatic heterocycles. The molecule has 1 aromatic carbocycles. The molecule has 0 aliphatic rings. The first-order valence-corrected chi connectivity index (χ1v) is 9.91. The van der Waals surface area contributed by atoms with Crippen molar-refractivity contribution in [1.29, 1.82) is 5.26 Å². The number of hydrogen-bond acceptors (Lipinski definition) is 6. The van der Waals surface area contributed by atoms with Crippen LogP contribution < -0.4 is 5.32 Å². The largest absolute Gasteiger partial charge is 0.490 e. The van der Waals surface area contributed by atoms with Crippen LogP contribution in [-0.4, -0.2) is 65.2 Å². The van der Waals surface area contributed by atoms with Gasteiger partial charge in [-0.05, 0) is 56.5 Å². The van der Waals surface area contributed by atoms with Gasteiger partial charge in [-0.3, -0.25) is 4.79 Å². The number of carboxylic acids is 1. The van der Waals surface area contributed by atoms with Gasteiger partial charge in [0.1, 0.15) is 6.07 Å². The summed E-state index contributed by atoms with van der Waals surface area (Å²) < 4.78 is 31.7. The molecule has 1 heterocycles. The van der Waals surface area contributed by atoms with E-state index in [1.54, 1.807) is 19.0 Å². The number of aliphatic carboxylic acids is 1. The summed E-state index contributed by atoms with van der Waals surface area (Å²) in [4.78, 5) is 30.6. The summed E-state index contributed by atoms with van der Waals surface area (Å²) in [5, 5.41) is 19.5. The van der Waals surface area contributed by atoms with Gasteiger partial charge in [0.2, 0.25) is 11.7 Å². The van der Waals surface area contributed by atoms with Gasteiger partial charge in [-0.25, -0.2) is 14.8 Å². The molecule has 2 aromatic rings. The van der Waals surface area contributed by atoms with Gasteiger partial charge in [0.15, 0.2) is 0 Å². The third-order valence-electron chi connectivity index (χ3n) is 4.49. The zero-order valence-corrected chi connectivity index (χ0v) is 18.8. The van der Waals surface area contributed by atoms with Crippen molar-refractivity contribution in [2.75, 3.05) is 27.2 Å². The van der Waals surface area contributed by atoms with Gasteiger partial charge >= 0.3 is 12.1 Å². The first kappa shape index (κ1) is 27.5. The Kier molecular flexibility index (Phi) is 10.4. The van der Waals surface area contributed by atoms with Gasteiger partial charge in [-0.2, -0.15) is 18.4 Å². The number of nitrogens with zero attached hydrogens (tertiary/aromatic N) is 4. The Hall–Kier alpha value is -3.52. The molecule has 2 N–H and O–H groups in total. The van der Waals surface area contributed by atoms with Crippen LogP contribution in [0.15, 0.2) is 24.3 Å². The van der Waals surface area contributed by atoms with Crippen LogP contribution in [0.3, 0.4) is 0 Å². The van der Waals surface area contributed by atoms with Crippen molar-refractivity contribution in [3.8, 4) is 17.3 Å². The van der Waals surface area contributed by atoms with Crippen molar-refractivity contribution >= 4 is 11.9 Å². The van der Waals surface area contributed by atoms with Crippen LogP contribution in [-0.2, 0) is 16.0 Å². The summed E-state index contributed by atoms with van der Waals surface area (Å²) >= 11 is 0. The number of halogens is 3. The zero-order valence-electron chi connectivity index (χ0n) is 18.8. The molecule has 1 amide bonds. The smallest absolute Gasteiger partial charge is 0.475 e. The highest BCUT2D eigenvalue weighted by atomic mass is 19.4. The van der Waals surface area contributed by atoms with Gasteiger partial charge in [0.05, 0.1) is 12.2 Å². The molecule has 33 heavy (non-hydrogen) atoms. The van der Waals surface area contributed by atoms with Crippen LogP contribution in [0.2, 0.25) is 0 Å². The van der Waals surface area contributed by atoms with Crippen LogP contribution in [0.5, 0.6) is 0 Å². The fourth-order valence-electron chi connectivity index (χ4n) is 2.47. The summed E-state index contributed by atoms with van der Waals surface area (Å²) in [5.41, 5.74) is 5.01. The van der Waals surface area contributed by atoms with E-state index < -0.39 is 12.1 Å². The standard InChI is InChI=1S/C20H25N5O.C2HF3O2/c1-14-7-8-16(10-15(14)2)18-11-17(23-19(12-21)24-18)6-5-9-22-13-20(26)25(3)4;3-2(4,5)1(6)7/h7-8,10-11,22H,5-6,9,13H2,1-4H3;(H,6,7). The van der Waals surface area contributed by atoms with Gasteiger partial charge in [0.25, 0.3) is 0 Å². The molecule has 8 nitrogen and oxygen atoms in total. The van der Waals surface area contributed by atoms with Crippen LogP contribution in [0.25, 0.3) is 11.3 Å². The van der Waals surface area contributed by atoms with Gasteiger partial charge in [-0.1, -0.05) is 12.1 Å². The number of nitrogens with one attached hydrogen (secondary N) is 1. The number of hydrogen-bond donors (Lipinski definition) is 2. The predicted molar refractivity (Wildman–Crippen MR) is 115 cm³/mol. The van der Waals surface area contributed by atoms with Gasteiger partial charge < -0.3 is 15.3 Å². The summed E-state index contributed by atoms with van der Waals surface area (Å²) in [5.74, 6) is -2.52. The van der Waals surface area contributed by atoms with Gasteiger partial charge in [0, 0.05) is 25.4 Å². The number of nitriles is 1. The molecule has 0 radical (unpaired) electrons. The van der Waals surface area contributed by atoms with Gasteiger partial charge in [-0.15, -0.1) is 0 Å². The number of alkyl halides is 3. The third kappa shape index (κ3) is 9.65. The van der Waals surface area contributed by atoms with E-state index in [0.717, 1.165) is 29.8 Å². The van der Waals surface area contributed by atoms with Crippen LogP contribution in [0, 0.1) is 25.2 Å². The molecule has 0 aliphatic carbocycles.